The molecule has 0 aromatic carbocycles. The summed E-state index contributed by atoms with van der Waals surface area (Å²) >= 11 is 0. The van der Waals surface area contributed by atoms with Crippen molar-refractivity contribution in [1.29, 1.82) is 0 Å². The second-order valence-electron chi connectivity index (χ2n) is 2.47. The standard InChI is InChI=1S/C5H11O8P.Na.H/c6-1-3(7)5(9)4(8)2-13-14(10,11)12;;/h1,3-5,7-9H,2H2,(H2,10,11,12);;/q;+1;-1/t3-,4+,5-;;/m0../s1. The van der Waals surface area contributed by atoms with Gasteiger partial charge in [-0.1, -0.05) is 0 Å². The van der Waals surface area contributed by atoms with Crippen LogP contribution < -0.4 is 29.6 Å². The summed E-state index contributed by atoms with van der Waals surface area (Å²) < 4.78 is 14.0. The van der Waals surface area contributed by atoms with Gasteiger partial charge in [0.25, 0.3) is 0 Å². The quantitative estimate of drug-likeness (QED) is 0.179. The monoisotopic (exact) mass is 254 g/mol. The molecule has 86 valence electrons. The van der Waals surface area contributed by atoms with E-state index in [9.17, 15) is 9.36 Å². The first-order chi connectivity index (χ1) is 6.28. The molecule has 0 heterocycles. The van der Waals surface area contributed by atoms with Gasteiger partial charge in [0, 0.05) is 0 Å². The Kier molecular flexibility index (Phi) is 9.45. The van der Waals surface area contributed by atoms with Crippen LogP contribution >= 0.6 is 7.82 Å². The summed E-state index contributed by atoms with van der Waals surface area (Å²) in [5, 5.41) is 26.6. The minimum absolute atomic E-state index is 0. The van der Waals surface area contributed by atoms with Crippen molar-refractivity contribution < 1.29 is 70.0 Å². The number of rotatable bonds is 6. The molecule has 0 aliphatic carbocycles. The number of phosphoric acid groups is 1. The summed E-state index contributed by atoms with van der Waals surface area (Å²) in [6.45, 7) is -0.893. The SMILES string of the molecule is O=C[C@H](O)[C@H](O)[C@H](O)COP(=O)(O)O.[H-].[Na+]. The van der Waals surface area contributed by atoms with Crippen molar-refractivity contribution in [2.45, 2.75) is 18.3 Å². The van der Waals surface area contributed by atoms with Crippen LogP contribution in [-0.4, -0.2) is 56.3 Å². The first-order valence-corrected chi connectivity index (χ1v) is 5.00. The van der Waals surface area contributed by atoms with Gasteiger partial charge in [-0.05, 0) is 0 Å². The maximum absolute atomic E-state index is 10.1. The molecular formula is C5H12NaO8P. The second-order valence-corrected chi connectivity index (χ2v) is 3.71. The third-order valence-electron chi connectivity index (χ3n) is 1.30. The Bertz CT molecular complexity index is 234. The third-order valence-corrected chi connectivity index (χ3v) is 1.78. The van der Waals surface area contributed by atoms with E-state index in [-0.39, 0.29) is 37.3 Å². The van der Waals surface area contributed by atoms with Crippen molar-refractivity contribution in [1.82, 2.24) is 0 Å². The predicted octanol–water partition coefficient (Wildman–Crippen LogP) is -5.51. The number of aldehydes is 1. The fraction of sp³-hybridized carbons (Fsp3) is 0.800. The molecule has 0 saturated carbocycles. The smallest absolute Gasteiger partial charge is 1.00 e. The molecule has 0 rings (SSSR count). The van der Waals surface area contributed by atoms with E-state index in [1.54, 1.807) is 0 Å². The van der Waals surface area contributed by atoms with Gasteiger partial charge in [0.2, 0.25) is 0 Å². The van der Waals surface area contributed by atoms with E-state index >= 15 is 0 Å². The predicted molar refractivity (Wildman–Crippen MR) is 43.2 cm³/mol. The van der Waals surface area contributed by atoms with Gasteiger partial charge in [-0.15, -0.1) is 0 Å². The maximum Gasteiger partial charge on any atom is 1.00 e. The Labute approximate surface area is 109 Å². The van der Waals surface area contributed by atoms with Gasteiger partial charge >= 0.3 is 37.4 Å². The van der Waals surface area contributed by atoms with Gasteiger partial charge in [-0.2, -0.15) is 0 Å². The topological polar surface area (TPSA) is 145 Å². The van der Waals surface area contributed by atoms with Gasteiger partial charge < -0.3 is 31.3 Å². The number of phosphoric ester groups is 1. The fourth-order valence-corrected chi connectivity index (χ4v) is 0.927. The van der Waals surface area contributed by atoms with Gasteiger partial charge in [-0.25, -0.2) is 4.57 Å². The molecule has 0 amide bonds. The largest absolute Gasteiger partial charge is 1.00 e. The second kappa shape index (κ2) is 7.86. The summed E-state index contributed by atoms with van der Waals surface area (Å²) in [5.74, 6) is 0. The average molecular weight is 254 g/mol. The Balaban J connectivity index is -0.000000845. The summed E-state index contributed by atoms with van der Waals surface area (Å²) in [7, 11) is -4.74. The number of carbonyl (C=O) groups is 1. The first-order valence-electron chi connectivity index (χ1n) is 3.47. The molecule has 0 fully saturated rings. The van der Waals surface area contributed by atoms with Crippen LogP contribution in [0.3, 0.4) is 0 Å². The number of aliphatic hydroxyl groups is 3. The summed E-state index contributed by atoms with van der Waals surface area (Å²) in [4.78, 5) is 26.4. The van der Waals surface area contributed by atoms with Crippen molar-refractivity contribution >= 4 is 14.1 Å². The Hall–Kier alpha value is 0.660. The minimum atomic E-state index is -4.74. The van der Waals surface area contributed by atoms with Crippen LogP contribution in [0.1, 0.15) is 1.43 Å². The zero-order valence-electron chi connectivity index (χ0n) is 8.92. The number of hydrogen-bond acceptors (Lipinski definition) is 6. The molecule has 0 radical (unpaired) electrons. The molecule has 0 aromatic rings. The van der Waals surface area contributed by atoms with Gasteiger partial charge in [0.15, 0.2) is 6.29 Å². The zero-order valence-corrected chi connectivity index (χ0v) is 10.8. The van der Waals surface area contributed by atoms with E-state index in [4.69, 9.17) is 25.1 Å². The fourth-order valence-electron chi connectivity index (χ4n) is 0.580. The van der Waals surface area contributed by atoms with E-state index in [1.165, 1.54) is 0 Å². The molecule has 0 unspecified atom stereocenters. The molecule has 0 aliphatic rings. The van der Waals surface area contributed by atoms with Crippen molar-refractivity contribution in [2.24, 2.45) is 0 Å². The summed E-state index contributed by atoms with van der Waals surface area (Å²) in [6.07, 6.45) is -5.46. The molecule has 3 atom stereocenters. The van der Waals surface area contributed by atoms with Crippen LogP contribution in [0.5, 0.6) is 0 Å². The van der Waals surface area contributed by atoms with E-state index in [0.717, 1.165) is 0 Å². The van der Waals surface area contributed by atoms with Crippen LogP contribution in [-0.2, 0) is 13.9 Å². The van der Waals surface area contributed by atoms with Gasteiger partial charge in [0.1, 0.15) is 18.3 Å². The molecule has 10 heteroatoms. The molecule has 0 aliphatic heterocycles. The number of hydrogen-bond donors (Lipinski definition) is 5. The normalized spacial score (nSPS) is 17.4. The van der Waals surface area contributed by atoms with E-state index in [0.29, 0.717) is 0 Å². The molecule has 0 spiro atoms. The summed E-state index contributed by atoms with van der Waals surface area (Å²) in [6, 6.07) is 0. The van der Waals surface area contributed by atoms with E-state index < -0.39 is 32.7 Å². The Morgan fingerprint density at radius 3 is 2.13 bits per heavy atom. The molecule has 15 heavy (non-hydrogen) atoms. The van der Waals surface area contributed by atoms with Crippen molar-refractivity contribution in [3.63, 3.8) is 0 Å². The Morgan fingerprint density at radius 2 is 1.80 bits per heavy atom. The Morgan fingerprint density at radius 1 is 1.33 bits per heavy atom. The van der Waals surface area contributed by atoms with Crippen LogP contribution in [0.2, 0.25) is 0 Å². The van der Waals surface area contributed by atoms with Crippen molar-refractivity contribution in [3.8, 4) is 0 Å². The van der Waals surface area contributed by atoms with Crippen LogP contribution in [0.15, 0.2) is 0 Å². The zero-order chi connectivity index (χ0) is 11.4. The molecule has 5 N–H and O–H groups in total. The van der Waals surface area contributed by atoms with Crippen LogP contribution in [0.4, 0.5) is 0 Å². The van der Waals surface area contributed by atoms with Gasteiger partial charge in [-0.3, -0.25) is 4.52 Å². The molecule has 0 saturated heterocycles. The number of carbonyl (C=O) groups excluding carboxylic acids is 1. The molecule has 8 nitrogen and oxygen atoms in total. The van der Waals surface area contributed by atoms with E-state index in [2.05, 4.69) is 4.52 Å². The van der Waals surface area contributed by atoms with Crippen molar-refractivity contribution in [3.05, 3.63) is 0 Å². The molecular weight excluding hydrogens is 242 g/mol. The van der Waals surface area contributed by atoms with Crippen molar-refractivity contribution in [2.75, 3.05) is 6.61 Å². The molecule has 0 aromatic heterocycles. The average Bonchev–Trinajstić information content (AvgIpc) is 2.10. The maximum atomic E-state index is 10.1. The minimum Gasteiger partial charge on any atom is -1.00 e. The van der Waals surface area contributed by atoms with Gasteiger partial charge in [0.05, 0.1) is 6.61 Å². The summed E-state index contributed by atoms with van der Waals surface area (Å²) in [5.41, 5.74) is 0. The number of aliphatic hydroxyl groups excluding tert-OH is 3. The molecule has 0 bridgehead atoms. The third kappa shape index (κ3) is 8.47. The van der Waals surface area contributed by atoms with Crippen LogP contribution in [0.25, 0.3) is 0 Å². The first kappa shape index (κ1) is 18.0. The van der Waals surface area contributed by atoms with Crippen LogP contribution in [0, 0.1) is 0 Å². The van der Waals surface area contributed by atoms with E-state index in [1.807, 2.05) is 0 Å².